The summed E-state index contributed by atoms with van der Waals surface area (Å²) < 4.78 is 0. The molecule has 18 heavy (non-hydrogen) atoms. The maximum absolute atomic E-state index is 5.33. The second kappa shape index (κ2) is 4.31. The molecule has 1 unspecified atom stereocenters. The number of nitrogens with two attached hydrogens (primary N) is 1. The van der Waals surface area contributed by atoms with Crippen molar-refractivity contribution in [2.24, 2.45) is 5.84 Å². The molecule has 2 heterocycles. The van der Waals surface area contributed by atoms with Crippen LogP contribution in [0.15, 0.2) is 42.6 Å². The molecule has 92 valence electrons. The molecule has 0 amide bonds. The Morgan fingerprint density at radius 3 is 2.83 bits per heavy atom. The highest BCUT2D eigenvalue weighted by molar-refractivity contribution is 5.70. The Labute approximate surface area is 106 Å². The lowest BCUT2D eigenvalue weighted by Gasteiger charge is -2.24. The molecule has 3 N–H and O–H groups in total. The van der Waals surface area contributed by atoms with Gasteiger partial charge < -0.3 is 10.3 Å². The van der Waals surface area contributed by atoms with Crippen molar-refractivity contribution in [2.75, 3.05) is 10.3 Å². The molecule has 1 atom stereocenters. The molecule has 0 bridgehead atoms. The normalized spacial score (nSPS) is 17.7. The van der Waals surface area contributed by atoms with E-state index in [1.807, 2.05) is 18.3 Å². The van der Waals surface area contributed by atoms with Gasteiger partial charge in [-0.25, -0.2) is 10.8 Å². The summed E-state index contributed by atoms with van der Waals surface area (Å²) in [5.41, 5.74) is 6.32. The van der Waals surface area contributed by atoms with Crippen LogP contribution in [0, 0.1) is 0 Å². The Balaban J connectivity index is 2.00. The summed E-state index contributed by atoms with van der Waals surface area (Å²) >= 11 is 0. The molecule has 1 aliphatic heterocycles. The Hall–Kier alpha value is -2.07. The van der Waals surface area contributed by atoms with E-state index in [-0.39, 0.29) is 0 Å². The maximum atomic E-state index is 5.33. The number of hydrogen-bond donors (Lipinski definition) is 2. The minimum absolute atomic E-state index is 0.459. The number of hydrazine groups is 1. The first-order valence-corrected chi connectivity index (χ1v) is 6.09. The van der Waals surface area contributed by atoms with Crippen molar-refractivity contribution in [3.05, 3.63) is 48.2 Å². The molecular weight excluding hydrogens is 224 g/mol. The van der Waals surface area contributed by atoms with Crippen LogP contribution in [0.1, 0.15) is 12.5 Å². The van der Waals surface area contributed by atoms with E-state index in [9.17, 15) is 0 Å². The largest absolute Gasteiger partial charge is 0.337 e. The average molecular weight is 240 g/mol. The summed E-state index contributed by atoms with van der Waals surface area (Å²) in [5, 5.41) is 0. The number of pyridine rings is 1. The third-order valence-corrected chi connectivity index (χ3v) is 3.38. The lowest BCUT2D eigenvalue weighted by Crippen LogP contribution is -2.24. The SMILES string of the molecule is CC1Cc2ccccc2N1c1ccc(NN)nc1. The van der Waals surface area contributed by atoms with Crippen LogP contribution in [0.25, 0.3) is 0 Å². The van der Waals surface area contributed by atoms with Gasteiger partial charge in [-0.05, 0) is 37.1 Å². The fourth-order valence-electron chi connectivity index (χ4n) is 2.57. The summed E-state index contributed by atoms with van der Waals surface area (Å²) in [5.74, 6) is 6.01. The van der Waals surface area contributed by atoms with Crippen LogP contribution in [0.5, 0.6) is 0 Å². The van der Waals surface area contributed by atoms with Crippen molar-refractivity contribution < 1.29 is 0 Å². The fourth-order valence-corrected chi connectivity index (χ4v) is 2.57. The third kappa shape index (κ3) is 1.71. The second-order valence-electron chi connectivity index (χ2n) is 4.60. The molecule has 0 saturated carbocycles. The highest BCUT2D eigenvalue weighted by Crippen LogP contribution is 2.37. The lowest BCUT2D eigenvalue weighted by molar-refractivity contribution is 0.757. The van der Waals surface area contributed by atoms with Crippen LogP contribution in [-0.2, 0) is 6.42 Å². The van der Waals surface area contributed by atoms with E-state index >= 15 is 0 Å². The fraction of sp³-hybridized carbons (Fsp3) is 0.214. The Bertz CT molecular complexity index is 550. The van der Waals surface area contributed by atoms with Gasteiger partial charge in [-0.3, -0.25) is 0 Å². The van der Waals surface area contributed by atoms with Crippen molar-refractivity contribution in [3.63, 3.8) is 0 Å². The van der Waals surface area contributed by atoms with Crippen LogP contribution in [-0.4, -0.2) is 11.0 Å². The third-order valence-electron chi connectivity index (χ3n) is 3.38. The first-order valence-electron chi connectivity index (χ1n) is 6.09. The molecule has 3 rings (SSSR count). The average Bonchev–Trinajstić information content (AvgIpc) is 2.75. The lowest BCUT2D eigenvalue weighted by atomic mass is 10.1. The quantitative estimate of drug-likeness (QED) is 0.625. The van der Waals surface area contributed by atoms with Crippen molar-refractivity contribution >= 4 is 17.2 Å². The standard InChI is InChI=1S/C14H16N4/c1-10-8-11-4-2-3-5-13(11)18(10)12-6-7-14(17-15)16-9-12/h2-7,9-10H,8,15H2,1H3,(H,16,17). The zero-order valence-corrected chi connectivity index (χ0v) is 10.3. The summed E-state index contributed by atoms with van der Waals surface area (Å²) in [4.78, 5) is 6.59. The van der Waals surface area contributed by atoms with Crippen LogP contribution < -0.4 is 16.2 Å². The highest BCUT2D eigenvalue weighted by Gasteiger charge is 2.26. The van der Waals surface area contributed by atoms with Gasteiger partial charge in [0.2, 0.25) is 0 Å². The minimum Gasteiger partial charge on any atom is -0.337 e. The van der Waals surface area contributed by atoms with E-state index < -0.39 is 0 Å². The van der Waals surface area contributed by atoms with Crippen LogP contribution in [0.2, 0.25) is 0 Å². The molecular formula is C14H16N4. The van der Waals surface area contributed by atoms with Crippen LogP contribution in [0.3, 0.4) is 0 Å². The van der Waals surface area contributed by atoms with E-state index in [0.29, 0.717) is 11.9 Å². The number of aromatic nitrogens is 1. The molecule has 0 spiro atoms. The number of nitrogen functional groups attached to an aromatic ring is 1. The first-order chi connectivity index (χ1) is 8.79. The van der Waals surface area contributed by atoms with E-state index in [4.69, 9.17) is 5.84 Å². The van der Waals surface area contributed by atoms with Gasteiger partial charge in [-0.2, -0.15) is 0 Å². The number of fused-ring (bicyclic) bond motifs is 1. The number of nitrogens with one attached hydrogen (secondary N) is 1. The van der Waals surface area contributed by atoms with Gasteiger partial charge in [0.1, 0.15) is 5.82 Å². The molecule has 2 aromatic rings. The van der Waals surface area contributed by atoms with Crippen molar-refractivity contribution in [1.29, 1.82) is 0 Å². The summed E-state index contributed by atoms with van der Waals surface area (Å²) in [6, 6.07) is 12.9. The number of hydrogen-bond acceptors (Lipinski definition) is 4. The molecule has 4 nitrogen and oxygen atoms in total. The van der Waals surface area contributed by atoms with E-state index in [1.54, 1.807) is 0 Å². The number of benzene rings is 1. The zero-order valence-electron chi connectivity index (χ0n) is 10.3. The van der Waals surface area contributed by atoms with Crippen molar-refractivity contribution in [3.8, 4) is 0 Å². The Morgan fingerprint density at radius 2 is 2.11 bits per heavy atom. The number of nitrogens with zero attached hydrogens (tertiary/aromatic N) is 2. The molecule has 0 aliphatic carbocycles. The number of para-hydroxylation sites is 1. The maximum Gasteiger partial charge on any atom is 0.140 e. The first kappa shape index (κ1) is 11.0. The highest BCUT2D eigenvalue weighted by atomic mass is 15.3. The van der Waals surface area contributed by atoms with E-state index in [2.05, 4.69) is 46.5 Å². The Morgan fingerprint density at radius 1 is 1.28 bits per heavy atom. The van der Waals surface area contributed by atoms with Crippen molar-refractivity contribution in [1.82, 2.24) is 4.98 Å². The number of anilines is 3. The monoisotopic (exact) mass is 240 g/mol. The molecule has 0 fully saturated rings. The summed E-state index contributed by atoms with van der Waals surface area (Å²) in [7, 11) is 0. The van der Waals surface area contributed by atoms with Gasteiger partial charge in [0.25, 0.3) is 0 Å². The molecule has 0 saturated heterocycles. The molecule has 0 radical (unpaired) electrons. The van der Waals surface area contributed by atoms with Gasteiger partial charge in [-0.1, -0.05) is 18.2 Å². The van der Waals surface area contributed by atoms with E-state index in [1.165, 1.54) is 11.3 Å². The van der Waals surface area contributed by atoms with Crippen LogP contribution in [0.4, 0.5) is 17.2 Å². The van der Waals surface area contributed by atoms with Gasteiger partial charge in [0, 0.05) is 11.7 Å². The molecule has 4 heteroatoms. The van der Waals surface area contributed by atoms with Crippen LogP contribution >= 0.6 is 0 Å². The van der Waals surface area contributed by atoms with Gasteiger partial charge >= 0.3 is 0 Å². The summed E-state index contributed by atoms with van der Waals surface area (Å²) in [6.45, 7) is 2.23. The Kier molecular flexibility index (Phi) is 2.64. The minimum atomic E-state index is 0.459. The summed E-state index contributed by atoms with van der Waals surface area (Å²) in [6.07, 6.45) is 2.93. The van der Waals surface area contributed by atoms with Crippen molar-refractivity contribution in [2.45, 2.75) is 19.4 Å². The van der Waals surface area contributed by atoms with Gasteiger partial charge in [0.15, 0.2) is 0 Å². The topological polar surface area (TPSA) is 54.2 Å². The number of rotatable bonds is 2. The van der Waals surface area contributed by atoms with Gasteiger partial charge in [-0.15, -0.1) is 0 Å². The second-order valence-corrected chi connectivity index (χ2v) is 4.60. The van der Waals surface area contributed by atoms with Gasteiger partial charge in [0.05, 0.1) is 11.9 Å². The van der Waals surface area contributed by atoms with E-state index in [0.717, 1.165) is 12.1 Å². The predicted octanol–water partition coefficient (Wildman–Crippen LogP) is 2.45. The molecule has 1 aromatic heterocycles. The molecule has 1 aromatic carbocycles. The molecule has 1 aliphatic rings. The smallest absolute Gasteiger partial charge is 0.140 e. The predicted molar refractivity (Wildman–Crippen MR) is 73.8 cm³/mol. The zero-order chi connectivity index (χ0) is 12.5.